The molecule has 1 rings (SSSR count). The van der Waals surface area contributed by atoms with Gasteiger partial charge in [-0.05, 0) is 19.1 Å². The Morgan fingerprint density at radius 1 is 1.53 bits per heavy atom. The van der Waals surface area contributed by atoms with E-state index < -0.39 is 24.1 Å². The van der Waals surface area contributed by atoms with Crippen molar-refractivity contribution in [2.24, 2.45) is 0 Å². The number of aliphatic hydroxyl groups is 1. The van der Waals surface area contributed by atoms with Gasteiger partial charge < -0.3 is 20.4 Å². The van der Waals surface area contributed by atoms with E-state index in [1.165, 1.54) is 30.2 Å². The van der Waals surface area contributed by atoms with Crippen molar-refractivity contribution in [1.82, 2.24) is 10.2 Å². The fourth-order valence-electron chi connectivity index (χ4n) is 1.37. The van der Waals surface area contributed by atoms with Crippen LogP contribution < -0.4 is 5.32 Å². The number of thiophene rings is 1. The molecule has 0 aliphatic heterocycles. The van der Waals surface area contributed by atoms with Crippen molar-refractivity contribution in [2.45, 2.75) is 25.6 Å². The molecule has 8 heteroatoms. The van der Waals surface area contributed by atoms with Crippen LogP contribution >= 0.6 is 22.9 Å². The molecular formula is C11H15ClN2O4S. The van der Waals surface area contributed by atoms with Crippen LogP contribution in [0.3, 0.4) is 0 Å². The molecule has 0 radical (unpaired) electrons. The van der Waals surface area contributed by atoms with Crippen LogP contribution in [0.2, 0.25) is 4.34 Å². The van der Waals surface area contributed by atoms with E-state index in [1.54, 1.807) is 12.1 Å². The number of rotatable bonds is 5. The summed E-state index contributed by atoms with van der Waals surface area (Å²) in [7, 11) is 1.53. The molecular weight excluding hydrogens is 292 g/mol. The number of carboxylic acids is 1. The molecule has 1 aromatic heterocycles. The molecule has 0 aliphatic carbocycles. The molecule has 0 fully saturated rings. The van der Waals surface area contributed by atoms with Crippen molar-refractivity contribution in [3.63, 3.8) is 0 Å². The van der Waals surface area contributed by atoms with E-state index in [0.717, 1.165) is 4.88 Å². The topological polar surface area (TPSA) is 89.9 Å². The van der Waals surface area contributed by atoms with E-state index in [4.69, 9.17) is 16.7 Å². The number of halogens is 1. The number of carboxylic acid groups (broad SMARTS) is 1. The van der Waals surface area contributed by atoms with Gasteiger partial charge in [0, 0.05) is 11.9 Å². The van der Waals surface area contributed by atoms with Gasteiger partial charge in [0.1, 0.15) is 0 Å². The number of urea groups is 1. The number of amides is 2. The quantitative estimate of drug-likeness (QED) is 0.766. The van der Waals surface area contributed by atoms with Crippen LogP contribution in [-0.4, -0.2) is 46.3 Å². The van der Waals surface area contributed by atoms with Gasteiger partial charge in [-0.15, -0.1) is 11.3 Å². The highest BCUT2D eigenvalue weighted by Gasteiger charge is 2.26. The van der Waals surface area contributed by atoms with Gasteiger partial charge in [0.15, 0.2) is 6.04 Å². The molecule has 0 aliphatic rings. The first kappa shape index (κ1) is 15.7. The van der Waals surface area contributed by atoms with E-state index in [9.17, 15) is 14.7 Å². The summed E-state index contributed by atoms with van der Waals surface area (Å²) in [6, 6.07) is 1.61. The van der Waals surface area contributed by atoms with E-state index >= 15 is 0 Å². The molecule has 106 valence electrons. The second-order valence-electron chi connectivity index (χ2n) is 4.07. The van der Waals surface area contributed by atoms with Gasteiger partial charge in [0.25, 0.3) is 0 Å². The van der Waals surface area contributed by atoms with Crippen LogP contribution in [0.25, 0.3) is 0 Å². The van der Waals surface area contributed by atoms with Gasteiger partial charge in [0.05, 0.1) is 17.0 Å². The monoisotopic (exact) mass is 306 g/mol. The highest BCUT2D eigenvalue weighted by atomic mass is 35.5. The predicted octanol–water partition coefficient (Wildman–Crippen LogP) is 1.38. The summed E-state index contributed by atoms with van der Waals surface area (Å²) in [5.41, 5.74) is 0. The van der Waals surface area contributed by atoms with Crippen molar-refractivity contribution in [1.29, 1.82) is 0 Å². The van der Waals surface area contributed by atoms with Gasteiger partial charge in [-0.2, -0.15) is 0 Å². The van der Waals surface area contributed by atoms with Crippen LogP contribution in [0.5, 0.6) is 0 Å². The molecule has 0 saturated carbocycles. The van der Waals surface area contributed by atoms with E-state index in [-0.39, 0.29) is 0 Å². The predicted molar refractivity (Wildman–Crippen MR) is 72.4 cm³/mol. The van der Waals surface area contributed by atoms with Crippen molar-refractivity contribution in [3.05, 3.63) is 21.3 Å². The average Bonchev–Trinajstić information content (AvgIpc) is 2.70. The number of aliphatic hydroxyl groups excluding tert-OH is 1. The zero-order chi connectivity index (χ0) is 14.6. The zero-order valence-electron chi connectivity index (χ0n) is 10.5. The third-order valence-corrected chi connectivity index (χ3v) is 3.61. The summed E-state index contributed by atoms with van der Waals surface area (Å²) in [6.45, 7) is 1.62. The Kier molecular flexibility index (Phi) is 5.59. The van der Waals surface area contributed by atoms with Crippen LogP contribution in [0.4, 0.5) is 4.79 Å². The number of hydrogen-bond acceptors (Lipinski definition) is 4. The Labute approximate surface area is 119 Å². The minimum atomic E-state index is -1.33. The molecule has 3 N–H and O–H groups in total. The Morgan fingerprint density at radius 2 is 2.16 bits per heavy atom. The summed E-state index contributed by atoms with van der Waals surface area (Å²) < 4.78 is 0.621. The molecule has 1 heterocycles. The highest BCUT2D eigenvalue weighted by Crippen LogP contribution is 2.22. The maximum atomic E-state index is 11.8. The number of carbonyl (C=O) groups excluding carboxylic acids is 1. The van der Waals surface area contributed by atoms with Crippen molar-refractivity contribution in [3.8, 4) is 0 Å². The van der Waals surface area contributed by atoms with Gasteiger partial charge in [-0.3, -0.25) is 0 Å². The van der Waals surface area contributed by atoms with E-state index in [1.807, 2.05) is 0 Å². The van der Waals surface area contributed by atoms with Crippen LogP contribution in [0.1, 0.15) is 11.8 Å². The third kappa shape index (κ3) is 4.70. The number of carbonyl (C=O) groups is 2. The molecule has 0 unspecified atom stereocenters. The van der Waals surface area contributed by atoms with Gasteiger partial charge in [-0.1, -0.05) is 11.6 Å². The first-order chi connectivity index (χ1) is 8.81. The van der Waals surface area contributed by atoms with Crippen LogP contribution in [0, 0.1) is 0 Å². The smallest absolute Gasteiger partial charge is 0.328 e. The van der Waals surface area contributed by atoms with Crippen molar-refractivity contribution in [2.75, 3.05) is 7.05 Å². The summed E-state index contributed by atoms with van der Waals surface area (Å²) >= 11 is 7.12. The number of nitrogens with one attached hydrogen (secondary N) is 1. The number of aliphatic carboxylic acids is 1. The van der Waals surface area contributed by atoms with E-state index in [2.05, 4.69) is 5.32 Å². The minimum absolute atomic E-state index is 0.315. The molecule has 0 aromatic carbocycles. The van der Waals surface area contributed by atoms with Gasteiger partial charge in [-0.25, -0.2) is 9.59 Å². The molecule has 0 saturated heterocycles. The molecule has 1 aromatic rings. The molecule has 0 spiro atoms. The SMILES string of the molecule is C[C@@H](O)[C@H](NC(=O)N(C)Cc1ccc(Cl)s1)C(=O)O. The lowest BCUT2D eigenvalue weighted by Gasteiger charge is -2.22. The lowest BCUT2D eigenvalue weighted by Crippen LogP contribution is -2.51. The average molecular weight is 307 g/mol. The molecule has 19 heavy (non-hydrogen) atoms. The zero-order valence-corrected chi connectivity index (χ0v) is 12.0. The van der Waals surface area contributed by atoms with Crippen LogP contribution in [-0.2, 0) is 11.3 Å². The lowest BCUT2D eigenvalue weighted by molar-refractivity contribution is -0.141. The normalized spacial score (nSPS) is 13.7. The fourth-order valence-corrected chi connectivity index (χ4v) is 2.52. The Balaban J connectivity index is 2.59. The Morgan fingerprint density at radius 3 is 2.58 bits per heavy atom. The lowest BCUT2D eigenvalue weighted by atomic mass is 10.2. The summed E-state index contributed by atoms with van der Waals surface area (Å²) in [6.07, 6.45) is -1.17. The highest BCUT2D eigenvalue weighted by molar-refractivity contribution is 7.16. The molecule has 0 bridgehead atoms. The molecule has 2 amide bonds. The van der Waals surface area contributed by atoms with Gasteiger partial charge >= 0.3 is 12.0 Å². The Hall–Kier alpha value is -1.31. The standard InChI is InChI=1S/C11H15ClN2O4S/c1-6(15)9(10(16)17)13-11(18)14(2)5-7-3-4-8(12)19-7/h3-4,6,9,15H,5H2,1-2H3,(H,13,18)(H,16,17)/t6-,9+/m1/s1. The first-order valence-electron chi connectivity index (χ1n) is 5.48. The summed E-state index contributed by atoms with van der Waals surface area (Å²) in [4.78, 5) is 24.8. The number of nitrogens with zero attached hydrogens (tertiary/aromatic N) is 1. The Bertz CT molecular complexity index is 463. The van der Waals surface area contributed by atoms with Crippen LogP contribution in [0.15, 0.2) is 12.1 Å². The maximum absolute atomic E-state index is 11.8. The van der Waals surface area contributed by atoms with Gasteiger partial charge in [0.2, 0.25) is 0 Å². The minimum Gasteiger partial charge on any atom is -0.480 e. The maximum Gasteiger partial charge on any atom is 0.328 e. The van der Waals surface area contributed by atoms with E-state index in [0.29, 0.717) is 10.9 Å². The second kappa shape index (κ2) is 6.74. The molecule has 2 atom stereocenters. The summed E-state index contributed by atoms with van der Waals surface area (Å²) in [5, 5.41) is 20.4. The summed E-state index contributed by atoms with van der Waals surface area (Å²) in [5.74, 6) is -1.28. The second-order valence-corrected chi connectivity index (χ2v) is 5.87. The van der Waals surface area contributed by atoms with Crippen molar-refractivity contribution < 1.29 is 19.8 Å². The third-order valence-electron chi connectivity index (χ3n) is 2.40. The first-order valence-corrected chi connectivity index (χ1v) is 6.67. The molecule has 6 nitrogen and oxygen atoms in total. The number of hydrogen-bond donors (Lipinski definition) is 3. The largest absolute Gasteiger partial charge is 0.480 e. The van der Waals surface area contributed by atoms with Crippen molar-refractivity contribution >= 4 is 34.9 Å². The fraction of sp³-hybridized carbons (Fsp3) is 0.455.